The Kier molecular flexibility index (Phi) is 3.75. The van der Waals surface area contributed by atoms with Crippen LogP contribution in [-0.2, 0) is 4.74 Å². The molecule has 1 aliphatic heterocycles. The molecule has 2 heterocycles. The summed E-state index contributed by atoms with van der Waals surface area (Å²) >= 11 is 0. The first-order chi connectivity index (χ1) is 9.06. The molecule has 0 spiro atoms. The molecule has 1 aromatic rings. The molecule has 0 radical (unpaired) electrons. The van der Waals surface area contributed by atoms with Gasteiger partial charge in [0.1, 0.15) is 0 Å². The van der Waals surface area contributed by atoms with Crippen LogP contribution >= 0.6 is 0 Å². The van der Waals surface area contributed by atoms with Gasteiger partial charge in [0.15, 0.2) is 5.88 Å². The van der Waals surface area contributed by atoms with Crippen LogP contribution in [0.25, 0.3) is 10.4 Å². The lowest BCUT2D eigenvalue weighted by Gasteiger charge is -2.12. The number of aliphatic hydroxyl groups is 1. The molecule has 0 aliphatic carbocycles. The Hall–Kier alpha value is -2.02. The minimum atomic E-state index is -0.616. The number of nitrogens with zero attached hydrogens (tertiary/aromatic N) is 3. The van der Waals surface area contributed by atoms with E-state index in [9.17, 15) is 9.90 Å². The molecule has 19 heavy (non-hydrogen) atoms. The number of aromatic nitrogens is 1. The Morgan fingerprint density at radius 3 is 3.05 bits per heavy atom. The lowest BCUT2D eigenvalue weighted by Crippen LogP contribution is -2.23. The van der Waals surface area contributed by atoms with Gasteiger partial charge in [0.2, 0.25) is 0 Å². The summed E-state index contributed by atoms with van der Waals surface area (Å²) in [5.41, 5.74) is 8.87. The molecule has 8 nitrogen and oxygen atoms in total. The predicted octanol–water partition coefficient (Wildman–Crippen LogP) is 0.890. The summed E-state index contributed by atoms with van der Waals surface area (Å²) in [6.07, 6.45) is -0.854. The fourth-order valence-corrected chi connectivity index (χ4v) is 2.17. The second kappa shape index (κ2) is 5.31. The topological polar surface area (TPSA) is 131 Å². The Morgan fingerprint density at radius 1 is 1.68 bits per heavy atom. The van der Waals surface area contributed by atoms with Crippen molar-refractivity contribution in [1.82, 2.24) is 4.98 Å². The Bertz CT molecular complexity index is 579. The van der Waals surface area contributed by atoms with Crippen molar-refractivity contribution in [1.29, 1.82) is 0 Å². The van der Waals surface area contributed by atoms with Crippen LogP contribution in [0.15, 0.2) is 16.0 Å². The number of H-pyrrole nitrogens is 1. The highest BCUT2D eigenvalue weighted by molar-refractivity contribution is 5.29. The molecule has 1 saturated heterocycles. The van der Waals surface area contributed by atoms with Gasteiger partial charge in [0.25, 0.3) is 5.56 Å². The quantitative estimate of drug-likeness (QED) is 0.425. The fourth-order valence-electron chi connectivity index (χ4n) is 2.17. The summed E-state index contributed by atoms with van der Waals surface area (Å²) in [5, 5.41) is 22.1. The van der Waals surface area contributed by atoms with Crippen LogP contribution < -0.4 is 5.56 Å². The number of azide groups is 1. The van der Waals surface area contributed by atoms with Gasteiger partial charge >= 0.3 is 0 Å². The first-order valence-corrected chi connectivity index (χ1v) is 5.80. The third-order valence-electron chi connectivity index (χ3n) is 3.19. The standard InChI is InChI=1S/C11H14N4O4/c1-5-2-6(11(18)13-10(5)17)8-3-7(14-15-12)9(4-16)19-8/h2,7-9,16H,3-4H2,1H3,(H2,13,17,18)/t7-,8+,9+/m0/s1. The minimum absolute atomic E-state index is 0.183. The molecule has 1 aromatic heterocycles. The number of aryl methyl sites for hydroxylation is 1. The van der Waals surface area contributed by atoms with Crippen molar-refractivity contribution in [2.24, 2.45) is 5.11 Å². The molecular weight excluding hydrogens is 252 g/mol. The summed E-state index contributed by atoms with van der Waals surface area (Å²) in [6, 6.07) is 1.03. The second-order valence-corrected chi connectivity index (χ2v) is 4.44. The van der Waals surface area contributed by atoms with Gasteiger partial charge in [-0.3, -0.25) is 9.78 Å². The Morgan fingerprint density at radius 2 is 2.42 bits per heavy atom. The van der Waals surface area contributed by atoms with E-state index in [1.54, 1.807) is 6.92 Å². The van der Waals surface area contributed by atoms with E-state index in [4.69, 9.17) is 15.4 Å². The van der Waals surface area contributed by atoms with Gasteiger partial charge in [-0.05, 0) is 24.9 Å². The van der Waals surface area contributed by atoms with E-state index < -0.39 is 23.8 Å². The van der Waals surface area contributed by atoms with Gasteiger partial charge in [-0.25, -0.2) is 0 Å². The molecule has 0 amide bonds. The average Bonchev–Trinajstić information content (AvgIpc) is 2.77. The fraction of sp³-hybridized carbons (Fsp3) is 0.545. The number of hydrogen-bond donors (Lipinski definition) is 3. The maximum absolute atomic E-state index is 11.8. The van der Waals surface area contributed by atoms with Crippen molar-refractivity contribution in [2.75, 3.05) is 6.61 Å². The lowest BCUT2D eigenvalue weighted by molar-refractivity contribution is 0.00660. The Labute approximate surface area is 108 Å². The smallest absolute Gasteiger partial charge is 0.256 e. The van der Waals surface area contributed by atoms with E-state index in [1.165, 1.54) is 6.07 Å². The van der Waals surface area contributed by atoms with Crippen LogP contribution in [0.5, 0.6) is 5.88 Å². The van der Waals surface area contributed by atoms with E-state index in [-0.39, 0.29) is 12.5 Å². The van der Waals surface area contributed by atoms with E-state index in [0.29, 0.717) is 17.5 Å². The number of pyridine rings is 1. The van der Waals surface area contributed by atoms with E-state index in [1.807, 2.05) is 0 Å². The number of hydrogen-bond acceptors (Lipinski definition) is 5. The highest BCUT2D eigenvalue weighted by Crippen LogP contribution is 2.34. The number of aromatic hydroxyl groups is 1. The van der Waals surface area contributed by atoms with Gasteiger partial charge < -0.3 is 14.9 Å². The van der Waals surface area contributed by atoms with Crippen molar-refractivity contribution in [3.05, 3.63) is 38.0 Å². The van der Waals surface area contributed by atoms with Crippen molar-refractivity contribution in [3.8, 4) is 5.88 Å². The zero-order chi connectivity index (χ0) is 14.0. The van der Waals surface area contributed by atoms with Crippen molar-refractivity contribution in [3.63, 3.8) is 0 Å². The summed E-state index contributed by atoms with van der Waals surface area (Å²) < 4.78 is 5.52. The number of nitrogens with one attached hydrogen (secondary N) is 1. The first kappa shape index (κ1) is 13.4. The summed E-state index contributed by atoms with van der Waals surface area (Å²) in [5.74, 6) is -0.183. The van der Waals surface area contributed by atoms with Gasteiger partial charge in [-0.2, -0.15) is 0 Å². The van der Waals surface area contributed by atoms with Crippen molar-refractivity contribution < 1.29 is 14.9 Å². The van der Waals surface area contributed by atoms with Gasteiger partial charge in [0.05, 0.1) is 24.9 Å². The Balaban J connectivity index is 2.32. The molecule has 1 fully saturated rings. The van der Waals surface area contributed by atoms with Crippen LogP contribution in [0, 0.1) is 6.92 Å². The summed E-state index contributed by atoms with van der Waals surface area (Å²) in [6.45, 7) is 1.37. The van der Waals surface area contributed by atoms with Crippen LogP contribution in [0.1, 0.15) is 23.7 Å². The summed E-state index contributed by atoms with van der Waals surface area (Å²) in [4.78, 5) is 16.8. The molecule has 2 rings (SSSR count). The molecule has 3 N–H and O–H groups in total. The summed E-state index contributed by atoms with van der Waals surface area (Å²) in [7, 11) is 0. The minimum Gasteiger partial charge on any atom is -0.494 e. The lowest BCUT2D eigenvalue weighted by atomic mass is 10.0. The third kappa shape index (κ3) is 2.55. The predicted molar refractivity (Wildman–Crippen MR) is 65.7 cm³/mol. The zero-order valence-electron chi connectivity index (χ0n) is 10.3. The van der Waals surface area contributed by atoms with Crippen LogP contribution in [0.3, 0.4) is 0 Å². The van der Waals surface area contributed by atoms with E-state index in [0.717, 1.165) is 0 Å². The average molecular weight is 266 g/mol. The van der Waals surface area contributed by atoms with E-state index >= 15 is 0 Å². The number of aliphatic hydroxyl groups excluding tert-OH is 1. The normalized spacial score (nSPS) is 26.1. The van der Waals surface area contributed by atoms with Crippen LogP contribution in [0.4, 0.5) is 0 Å². The highest BCUT2D eigenvalue weighted by Gasteiger charge is 2.36. The zero-order valence-corrected chi connectivity index (χ0v) is 10.3. The third-order valence-corrected chi connectivity index (χ3v) is 3.19. The van der Waals surface area contributed by atoms with Crippen LogP contribution in [-0.4, -0.2) is 33.9 Å². The molecule has 0 aromatic carbocycles. The number of rotatable bonds is 3. The number of ether oxygens (including phenoxy) is 1. The van der Waals surface area contributed by atoms with Gasteiger partial charge in [0, 0.05) is 16.0 Å². The molecule has 1 aliphatic rings. The molecule has 0 bridgehead atoms. The molecule has 8 heteroatoms. The SMILES string of the molecule is Cc1cc([C@H]2C[C@H](N=[N+]=[N-])[C@@H](CO)O2)c(=O)[nH]c1O. The van der Waals surface area contributed by atoms with Crippen molar-refractivity contribution >= 4 is 0 Å². The molecule has 3 atom stereocenters. The van der Waals surface area contributed by atoms with Crippen molar-refractivity contribution in [2.45, 2.75) is 31.6 Å². The monoisotopic (exact) mass is 266 g/mol. The van der Waals surface area contributed by atoms with E-state index in [2.05, 4.69) is 15.0 Å². The molecule has 0 unspecified atom stereocenters. The molecule has 102 valence electrons. The molecule has 0 saturated carbocycles. The molecular formula is C11H14N4O4. The van der Waals surface area contributed by atoms with Gasteiger partial charge in [-0.15, -0.1) is 0 Å². The first-order valence-electron chi connectivity index (χ1n) is 5.80. The van der Waals surface area contributed by atoms with Gasteiger partial charge in [-0.1, -0.05) is 5.11 Å². The highest BCUT2D eigenvalue weighted by atomic mass is 16.5. The largest absolute Gasteiger partial charge is 0.494 e. The number of aromatic amines is 1. The maximum Gasteiger partial charge on any atom is 0.256 e. The maximum atomic E-state index is 11.8. The van der Waals surface area contributed by atoms with Crippen LogP contribution in [0.2, 0.25) is 0 Å². The second-order valence-electron chi connectivity index (χ2n) is 4.44.